The third kappa shape index (κ3) is 6.08. The number of hydrogen-bond donors (Lipinski definition) is 2. The summed E-state index contributed by atoms with van der Waals surface area (Å²) in [6.07, 6.45) is 7.30. The summed E-state index contributed by atoms with van der Waals surface area (Å²) in [7, 11) is 0. The van der Waals surface area contributed by atoms with Crippen LogP contribution < -0.4 is 10.6 Å². The number of amides is 3. The summed E-state index contributed by atoms with van der Waals surface area (Å²) < 4.78 is 0. The molecule has 1 aliphatic carbocycles. The van der Waals surface area contributed by atoms with Gasteiger partial charge >= 0.3 is 0 Å². The minimum absolute atomic E-state index is 0.115. The van der Waals surface area contributed by atoms with Crippen LogP contribution >= 0.6 is 11.3 Å². The number of thiophene rings is 1. The fraction of sp³-hybridized carbons (Fsp3) is 0.308. The molecule has 8 heteroatoms. The highest BCUT2D eigenvalue weighted by Crippen LogP contribution is 2.25. The quantitative estimate of drug-likeness (QED) is 0.493. The zero-order valence-electron chi connectivity index (χ0n) is 18.9. The molecule has 3 amide bonds. The molecule has 34 heavy (non-hydrogen) atoms. The SMILES string of the molecule is O=C(NCC(=O)N(Cc1ccccc1)[C@@H](C(=O)NC1CCCC1)c1ccncc1)c1cccs1. The van der Waals surface area contributed by atoms with Crippen molar-refractivity contribution >= 4 is 29.1 Å². The predicted octanol–water partition coefficient (Wildman–Crippen LogP) is 3.70. The van der Waals surface area contributed by atoms with Gasteiger partial charge in [-0.2, -0.15) is 0 Å². The smallest absolute Gasteiger partial charge is 0.261 e. The number of pyridine rings is 1. The van der Waals surface area contributed by atoms with Crippen LogP contribution in [0.5, 0.6) is 0 Å². The van der Waals surface area contributed by atoms with Crippen LogP contribution in [0.2, 0.25) is 0 Å². The maximum Gasteiger partial charge on any atom is 0.261 e. The van der Waals surface area contributed by atoms with Gasteiger partial charge in [0.1, 0.15) is 6.04 Å². The lowest BCUT2D eigenvalue weighted by atomic mass is 10.0. The minimum Gasteiger partial charge on any atom is -0.351 e. The van der Waals surface area contributed by atoms with Gasteiger partial charge in [-0.05, 0) is 47.5 Å². The molecule has 1 aliphatic rings. The second kappa shape index (κ2) is 11.6. The highest BCUT2D eigenvalue weighted by atomic mass is 32.1. The first-order valence-corrected chi connectivity index (χ1v) is 12.3. The van der Waals surface area contributed by atoms with E-state index in [2.05, 4.69) is 15.6 Å². The molecule has 3 aromatic rings. The van der Waals surface area contributed by atoms with E-state index in [-0.39, 0.29) is 36.9 Å². The minimum atomic E-state index is -0.838. The van der Waals surface area contributed by atoms with Crippen LogP contribution in [-0.4, -0.2) is 40.2 Å². The molecule has 0 saturated heterocycles. The number of carbonyl (C=O) groups is 3. The van der Waals surface area contributed by atoms with Crippen molar-refractivity contribution in [1.82, 2.24) is 20.5 Å². The number of carbonyl (C=O) groups excluding carboxylic acids is 3. The Morgan fingerprint density at radius 2 is 1.74 bits per heavy atom. The summed E-state index contributed by atoms with van der Waals surface area (Å²) in [4.78, 5) is 45.6. The molecule has 0 bridgehead atoms. The van der Waals surface area contributed by atoms with Gasteiger partial charge in [0, 0.05) is 25.0 Å². The molecule has 1 aromatic carbocycles. The topological polar surface area (TPSA) is 91.4 Å². The van der Waals surface area contributed by atoms with E-state index in [4.69, 9.17) is 0 Å². The Hall–Kier alpha value is -3.52. The summed E-state index contributed by atoms with van der Waals surface area (Å²) >= 11 is 1.31. The third-order valence-corrected chi connectivity index (χ3v) is 6.81. The first-order valence-electron chi connectivity index (χ1n) is 11.5. The van der Waals surface area contributed by atoms with Gasteiger partial charge in [0.25, 0.3) is 5.91 Å². The Labute approximate surface area is 203 Å². The fourth-order valence-electron chi connectivity index (χ4n) is 4.22. The third-order valence-electron chi connectivity index (χ3n) is 5.94. The number of benzene rings is 1. The number of rotatable bonds is 9. The van der Waals surface area contributed by atoms with Crippen molar-refractivity contribution in [1.29, 1.82) is 0 Å². The molecule has 4 rings (SSSR count). The molecule has 1 fully saturated rings. The molecular weight excluding hydrogens is 448 g/mol. The predicted molar refractivity (Wildman–Crippen MR) is 131 cm³/mol. The standard InChI is InChI=1S/C26H28N4O3S/c31-23(17-28-25(32)22-11-6-16-34-22)30(18-19-7-2-1-3-8-19)24(20-12-14-27-15-13-20)26(33)29-21-9-4-5-10-21/h1-3,6-8,11-16,21,24H,4-5,9-10,17-18H2,(H,28,32)(H,29,33)/t24-/m1/s1. The van der Waals surface area contributed by atoms with E-state index in [1.54, 1.807) is 41.6 Å². The average molecular weight is 477 g/mol. The highest BCUT2D eigenvalue weighted by molar-refractivity contribution is 7.12. The van der Waals surface area contributed by atoms with Gasteiger partial charge in [-0.1, -0.05) is 49.2 Å². The van der Waals surface area contributed by atoms with Gasteiger partial charge in [-0.3, -0.25) is 19.4 Å². The Balaban J connectivity index is 1.60. The van der Waals surface area contributed by atoms with Gasteiger partial charge in [0.05, 0.1) is 11.4 Å². The summed E-state index contributed by atoms with van der Waals surface area (Å²) in [6, 6.07) is 15.8. The van der Waals surface area contributed by atoms with Crippen molar-refractivity contribution in [2.45, 2.75) is 44.3 Å². The lowest BCUT2D eigenvalue weighted by Crippen LogP contribution is -2.48. The molecule has 0 unspecified atom stereocenters. The van der Waals surface area contributed by atoms with E-state index < -0.39 is 6.04 Å². The fourth-order valence-corrected chi connectivity index (χ4v) is 4.86. The van der Waals surface area contributed by atoms with Crippen molar-refractivity contribution in [2.24, 2.45) is 0 Å². The summed E-state index contributed by atoms with van der Waals surface area (Å²) in [5, 5.41) is 7.66. The average Bonchev–Trinajstić information content (AvgIpc) is 3.58. The molecule has 0 spiro atoms. The van der Waals surface area contributed by atoms with E-state index in [0.717, 1.165) is 31.2 Å². The lowest BCUT2D eigenvalue weighted by Gasteiger charge is -2.32. The normalized spacial score (nSPS) is 14.4. The van der Waals surface area contributed by atoms with Gasteiger partial charge in [-0.25, -0.2) is 0 Å². The maximum absolute atomic E-state index is 13.5. The van der Waals surface area contributed by atoms with E-state index in [9.17, 15) is 14.4 Å². The first-order chi connectivity index (χ1) is 16.6. The van der Waals surface area contributed by atoms with E-state index in [1.807, 2.05) is 35.7 Å². The number of nitrogens with one attached hydrogen (secondary N) is 2. The van der Waals surface area contributed by atoms with Crippen molar-refractivity contribution in [3.63, 3.8) is 0 Å². The second-order valence-electron chi connectivity index (χ2n) is 8.34. The van der Waals surface area contributed by atoms with E-state index in [0.29, 0.717) is 10.4 Å². The number of aromatic nitrogens is 1. The van der Waals surface area contributed by atoms with Crippen molar-refractivity contribution in [3.8, 4) is 0 Å². The second-order valence-corrected chi connectivity index (χ2v) is 9.29. The van der Waals surface area contributed by atoms with Crippen molar-refractivity contribution < 1.29 is 14.4 Å². The number of hydrogen-bond acceptors (Lipinski definition) is 5. The molecule has 2 aromatic heterocycles. The first kappa shape index (κ1) is 23.6. The van der Waals surface area contributed by atoms with Crippen LogP contribution in [0.3, 0.4) is 0 Å². The van der Waals surface area contributed by atoms with Gasteiger partial charge in [0.15, 0.2) is 0 Å². The van der Waals surface area contributed by atoms with Crippen molar-refractivity contribution in [2.75, 3.05) is 6.54 Å². The molecule has 2 N–H and O–H groups in total. The van der Waals surface area contributed by atoms with Crippen LogP contribution in [-0.2, 0) is 16.1 Å². The Morgan fingerprint density at radius 3 is 2.41 bits per heavy atom. The molecule has 7 nitrogen and oxygen atoms in total. The Bertz CT molecular complexity index is 1080. The molecule has 0 radical (unpaired) electrons. The van der Waals surface area contributed by atoms with Crippen LogP contribution in [0, 0.1) is 0 Å². The Kier molecular flexibility index (Phi) is 8.04. The maximum atomic E-state index is 13.5. The lowest BCUT2D eigenvalue weighted by molar-refractivity contribution is -0.141. The highest BCUT2D eigenvalue weighted by Gasteiger charge is 2.33. The van der Waals surface area contributed by atoms with E-state index >= 15 is 0 Å². The molecule has 1 saturated carbocycles. The van der Waals surface area contributed by atoms with Gasteiger partial charge in [-0.15, -0.1) is 11.3 Å². The zero-order valence-corrected chi connectivity index (χ0v) is 19.7. The molecule has 176 valence electrons. The molecule has 0 aliphatic heterocycles. The van der Waals surface area contributed by atoms with Gasteiger partial charge in [0.2, 0.25) is 11.8 Å². The van der Waals surface area contributed by atoms with Gasteiger partial charge < -0.3 is 15.5 Å². The van der Waals surface area contributed by atoms with Crippen LogP contribution in [0.25, 0.3) is 0 Å². The largest absolute Gasteiger partial charge is 0.351 e. The Morgan fingerprint density at radius 1 is 1.00 bits per heavy atom. The van der Waals surface area contributed by atoms with E-state index in [1.165, 1.54) is 11.3 Å². The van der Waals surface area contributed by atoms with Crippen LogP contribution in [0.15, 0.2) is 72.4 Å². The zero-order chi connectivity index (χ0) is 23.8. The van der Waals surface area contributed by atoms with Crippen LogP contribution in [0.4, 0.5) is 0 Å². The summed E-state index contributed by atoms with van der Waals surface area (Å²) in [5.41, 5.74) is 1.58. The molecular formula is C26H28N4O3S. The summed E-state index contributed by atoms with van der Waals surface area (Å²) in [6.45, 7) is 0.0292. The summed E-state index contributed by atoms with van der Waals surface area (Å²) in [5.74, 6) is -0.858. The van der Waals surface area contributed by atoms with Crippen LogP contribution in [0.1, 0.15) is 52.5 Å². The number of nitrogens with zero attached hydrogens (tertiary/aromatic N) is 2. The van der Waals surface area contributed by atoms with Crippen molar-refractivity contribution in [3.05, 3.63) is 88.4 Å². The molecule has 2 heterocycles. The monoisotopic (exact) mass is 476 g/mol. The molecule has 1 atom stereocenters.